The monoisotopic (exact) mass is 1000 g/mol. The van der Waals surface area contributed by atoms with Crippen LogP contribution in [-0.4, -0.2) is 114 Å². The molecule has 69 heavy (non-hydrogen) atoms. The van der Waals surface area contributed by atoms with Gasteiger partial charge in [0, 0.05) is 30.6 Å². The summed E-state index contributed by atoms with van der Waals surface area (Å²) in [6.07, 6.45) is 3.71. The third-order valence-electron chi connectivity index (χ3n) is 13.4. The van der Waals surface area contributed by atoms with E-state index in [2.05, 4.69) is 50.9 Å². The zero-order chi connectivity index (χ0) is 49.6. The third kappa shape index (κ3) is 11.6. The van der Waals surface area contributed by atoms with Crippen LogP contribution in [0.25, 0.3) is 11.2 Å². The van der Waals surface area contributed by atoms with Crippen LogP contribution in [0.5, 0.6) is 5.75 Å². The van der Waals surface area contributed by atoms with Crippen molar-refractivity contribution in [1.29, 1.82) is 0 Å². The molecule has 2 fully saturated rings. The van der Waals surface area contributed by atoms with Gasteiger partial charge in [0.25, 0.3) is 25.6 Å². The Morgan fingerprint density at radius 3 is 2.14 bits per heavy atom. The number of para-hydroxylation sites is 1. The molecule has 3 aliphatic heterocycles. The van der Waals surface area contributed by atoms with Crippen molar-refractivity contribution < 1.29 is 42.2 Å². The lowest BCUT2D eigenvalue weighted by Crippen LogP contribution is -2.67. The molecule has 0 bridgehead atoms. The number of imidazole rings is 1. The van der Waals surface area contributed by atoms with Gasteiger partial charge in [-0.1, -0.05) is 131 Å². The Balaban J connectivity index is 0.000000556. The fraction of sp³-hybridized carbons (Fsp3) is 0.490. The molecule has 0 saturated carbocycles. The van der Waals surface area contributed by atoms with Crippen LogP contribution in [0.2, 0.25) is 23.2 Å². The van der Waals surface area contributed by atoms with E-state index in [1.807, 2.05) is 101 Å². The highest BCUT2D eigenvalue weighted by Crippen LogP contribution is 2.49. The number of carbonyl (C=O) groups is 1. The summed E-state index contributed by atoms with van der Waals surface area (Å²) in [6.45, 7) is 19.1. The van der Waals surface area contributed by atoms with E-state index in [0.717, 1.165) is 16.9 Å². The molecule has 3 aromatic carbocycles. The summed E-state index contributed by atoms with van der Waals surface area (Å²) >= 11 is 0. The van der Waals surface area contributed by atoms with Gasteiger partial charge in [-0.2, -0.15) is 4.98 Å². The van der Waals surface area contributed by atoms with Crippen molar-refractivity contribution in [2.75, 3.05) is 38.2 Å². The van der Waals surface area contributed by atoms with Crippen LogP contribution >= 0.6 is 8.25 Å². The van der Waals surface area contributed by atoms with Crippen molar-refractivity contribution in [3.8, 4) is 5.75 Å². The molecule has 4 N–H and O–H groups in total. The molecule has 2 aromatic heterocycles. The molecule has 1 amide bonds. The van der Waals surface area contributed by atoms with Gasteiger partial charge in [0.2, 0.25) is 5.95 Å². The molecule has 5 aromatic rings. The summed E-state index contributed by atoms with van der Waals surface area (Å²) < 4.78 is 45.9. The standard InChI is InChI=1S/C40H50N5O10PSi2.C9H16N2/c1-38(2,3)57(7,8)54-33-36(45-26-41-32-34(45)43-37(44-35(32)47)42-31(46)25-51-27-18-12-9-13-19-27)53-30(40(33,48)55-56(49)50)24-52-58(39(4,5)6,28-20-14-10-15-21-28)29-22-16-11-17-23-29;1-2-5-9-10-6-4-8-11(9)7-3-1/h9-23,26,30,33,36,48H,24-25H2,1-8H3,(H2-,42,43,44,46,47,49,50);1-8H2/p+1/t30-,33+,36-,40-;/m1./s1. The number of nitrogens with one attached hydrogen (secondary N) is 2. The minimum absolute atomic E-state index is 0.0267. The van der Waals surface area contributed by atoms with Gasteiger partial charge in [-0.05, 0) is 64.9 Å². The van der Waals surface area contributed by atoms with Gasteiger partial charge >= 0.3 is 8.25 Å². The summed E-state index contributed by atoms with van der Waals surface area (Å²) in [4.78, 5) is 55.0. The zero-order valence-corrected chi connectivity index (χ0v) is 43.8. The molecule has 0 spiro atoms. The Morgan fingerprint density at radius 2 is 1.54 bits per heavy atom. The molecule has 5 heterocycles. The second-order valence-corrected chi connectivity index (χ2v) is 29.9. The normalized spacial score (nSPS) is 21.4. The number of fused-ring (bicyclic) bond motifs is 2. The first-order valence-corrected chi connectivity index (χ1v) is 29.6. The first-order valence-electron chi connectivity index (χ1n) is 23.6. The van der Waals surface area contributed by atoms with E-state index in [-0.39, 0.29) is 30.3 Å². The van der Waals surface area contributed by atoms with Gasteiger partial charge in [0.15, 0.2) is 38.4 Å². The average molecular weight is 1000 g/mol. The molecule has 3 aliphatic rings. The first kappa shape index (κ1) is 51.9. The molecule has 17 nitrogen and oxygen atoms in total. The third-order valence-corrected chi connectivity index (χ3v) is 23.3. The number of H-pyrrole nitrogens is 1. The van der Waals surface area contributed by atoms with E-state index in [9.17, 15) is 24.2 Å². The maximum atomic E-state index is 13.4. The molecule has 370 valence electrons. The van der Waals surface area contributed by atoms with Crippen molar-refractivity contribution in [2.24, 2.45) is 4.99 Å². The fourth-order valence-electron chi connectivity index (χ4n) is 8.87. The first-order chi connectivity index (χ1) is 32.7. The van der Waals surface area contributed by atoms with E-state index in [1.54, 1.807) is 24.3 Å². The number of nitrogens with zero attached hydrogens (tertiary/aromatic N) is 5. The average Bonchev–Trinajstić information content (AvgIpc) is 3.72. The van der Waals surface area contributed by atoms with E-state index >= 15 is 0 Å². The van der Waals surface area contributed by atoms with Gasteiger partial charge in [0.1, 0.15) is 11.9 Å². The maximum absolute atomic E-state index is 13.4. The van der Waals surface area contributed by atoms with Crippen molar-refractivity contribution in [2.45, 2.75) is 121 Å². The number of carbonyl (C=O) groups excluding carboxylic acids is 1. The summed E-state index contributed by atoms with van der Waals surface area (Å²) in [5.41, 5.74) is -0.793. The van der Waals surface area contributed by atoms with Gasteiger partial charge in [0.05, 0.1) is 18.8 Å². The van der Waals surface area contributed by atoms with Crippen LogP contribution in [0.1, 0.15) is 79.9 Å². The number of aliphatic hydroxyl groups is 1. The molecule has 5 atom stereocenters. The van der Waals surface area contributed by atoms with Crippen LogP contribution in [0.4, 0.5) is 5.95 Å². The highest BCUT2D eigenvalue weighted by Gasteiger charge is 2.66. The summed E-state index contributed by atoms with van der Waals surface area (Å²) in [6, 6.07) is 28.5. The molecular weight excluding hydrogens is 934 g/mol. The summed E-state index contributed by atoms with van der Waals surface area (Å²) in [5, 5.41) is 16.3. The van der Waals surface area contributed by atoms with Crippen molar-refractivity contribution in [1.82, 2.24) is 24.4 Å². The maximum Gasteiger partial charge on any atom is 0.697 e. The highest BCUT2D eigenvalue weighted by atomic mass is 31.1. The lowest BCUT2D eigenvalue weighted by Gasteiger charge is -2.44. The molecule has 0 aliphatic carbocycles. The second kappa shape index (κ2) is 21.6. The Labute approximate surface area is 406 Å². The lowest BCUT2D eigenvalue weighted by molar-refractivity contribution is -0.212. The zero-order valence-electron chi connectivity index (χ0n) is 40.9. The number of aromatic amines is 1. The summed E-state index contributed by atoms with van der Waals surface area (Å²) in [7, 11) is -9.54. The number of anilines is 1. The van der Waals surface area contributed by atoms with E-state index < -0.39 is 70.7 Å². The summed E-state index contributed by atoms with van der Waals surface area (Å²) in [5.74, 6) is -1.49. The minimum Gasteiger partial charge on any atom is -0.484 e. The second-order valence-electron chi connectivity index (χ2n) is 20.2. The molecular formula is C49H67N7O10PSi2+. The molecule has 20 heteroatoms. The van der Waals surface area contributed by atoms with Crippen LogP contribution in [0.15, 0.2) is 107 Å². The highest BCUT2D eigenvalue weighted by molar-refractivity contribution is 7.32. The lowest BCUT2D eigenvalue weighted by atomic mass is 10.1. The van der Waals surface area contributed by atoms with Gasteiger partial charge in [-0.3, -0.25) is 29.4 Å². The largest absolute Gasteiger partial charge is 0.697 e. The van der Waals surface area contributed by atoms with Crippen molar-refractivity contribution >= 4 is 64.1 Å². The van der Waals surface area contributed by atoms with Crippen LogP contribution in [0.3, 0.4) is 0 Å². The number of benzene rings is 3. The Bertz CT molecular complexity index is 2590. The number of aromatic nitrogens is 4. The van der Waals surface area contributed by atoms with E-state index in [0.29, 0.717) is 5.75 Å². The molecule has 8 rings (SSSR count). The number of hydrogen-bond acceptors (Lipinski definition) is 13. The predicted molar refractivity (Wildman–Crippen MR) is 271 cm³/mol. The number of hydrogen-bond donors (Lipinski definition) is 4. The SMILES string of the molecule is C1CCC2=NCCCN2CC1.CC(C)(C)[Si](C)(C)O[C@H]1[C@H](n2cnc3c(=O)[nH]c(NC(=O)COc4ccccc4)nc32)O[C@H](CO[Si](c2ccccc2)(c2ccccc2)C(C)(C)C)[C@@]1(O)O[P+](=O)O. The Hall–Kier alpha value is -4.96. The van der Waals surface area contributed by atoms with Gasteiger partial charge in [-0.15, -0.1) is 4.89 Å². The van der Waals surface area contributed by atoms with E-state index in [4.69, 9.17) is 22.8 Å². The van der Waals surface area contributed by atoms with E-state index in [1.165, 1.54) is 61.9 Å². The fourth-order valence-corrected chi connectivity index (χ4v) is 15.2. The van der Waals surface area contributed by atoms with Crippen LogP contribution in [0, 0.1) is 0 Å². The predicted octanol–water partition coefficient (Wildman–Crippen LogP) is 7.02. The smallest absolute Gasteiger partial charge is 0.484 e. The number of rotatable bonds is 14. The minimum atomic E-state index is -3.43. The quantitative estimate of drug-likeness (QED) is 0.0501. The molecule has 0 radical (unpaired) electrons. The van der Waals surface area contributed by atoms with Crippen LogP contribution < -0.4 is 26.0 Å². The number of amidine groups is 1. The van der Waals surface area contributed by atoms with Gasteiger partial charge < -0.3 is 28.3 Å². The molecule has 1 unspecified atom stereocenters. The number of aliphatic imine (C=N–C) groups is 1. The van der Waals surface area contributed by atoms with Crippen molar-refractivity contribution in [3.05, 3.63) is 108 Å². The van der Waals surface area contributed by atoms with Crippen LogP contribution in [-0.2, 0) is 27.5 Å². The Kier molecular flexibility index (Phi) is 16.2. The number of ether oxygens (including phenoxy) is 2. The van der Waals surface area contributed by atoms with Gasteiger partial charge in [-0.25, -0.2) is 4.98 Å². The van der Waals surface area contributed by atoms with Crippen molar-refractivity contribution in [3.63, 3.8) is 0 Å². The Morgan fingerprint density at radius 1 is 0.913 bits per heavy atom. The topological polar surface area (TPSA) is 212 Å². The number of amides is 1. The molecule has 2 saturated heterocycles.